The highest BCUT2D eigenvalue weighted by molar-refractivity contribution is 7.84. The van der Waals surface area contributed by atoms with Crippen LogP contribution in [0.2, 0.25) is 5.02 Å². The van der Waals surface area contributed by atoms with Crippen molar-refractivity contribution in [1.82, 2.24) is 5.32 Å². The van der Waals surface area contributed by atoms with Gasteiger partial charge in [-0.2, -0.15) is 5.26 Å². The zero-order valence-electron chi connectivity index (χ0n) is 13.7. The number of amides is 1. The molecule has 3 rings (SSSR count). The van der Waals surface area contributed by atoms with Crippen molar-refractivity contribution >= 4 is 35.8 Å². The summed E-state index contributed by atoms with van der Waals surface area (Å²) < 4.78 is 0. The molecule has 1 aliphatic rings. The molecule has 0 saturated carbocycles. The Hall–Kier alpha value is -2.42. The molecule has 1 amide bonds. The number of anilines is 1. The summed E-state index contributed by atoms with van der Waals surface area (Å²) in [5.74, 6) is -0.436. The van der Waals surface area contributed by atoms with Gasteiger partial charge in [0.25, 0.3) is 5.91 Å². The standard InChI is InChI=1S/C19H16ClN3OS/c1-11-3-4-12(2)16(9-11)23-17(13-5-7-14(20)8-6-13)22-18(24)15(10-21)19(23)25/h3-9,17,25H,1-2H3,(H,22,24). The Morgan fingerprint density at radius 1 is 1.20 bits per heavy atom. The molecule has 0 aromatic heterocycles. The van der Waals surface area contributed by atoms with E-state index in [0.717, 1.165) is 22.4 Å². The molecule has 1 N–H and O–H groups in total. The quantitative estimate of drug-likeness (QED) is 0.778. The lowest BCUT2D eigenvalue weighted by atomic mass is 10.0. The number of hydrogen-bond donors (Lipinski definition) is 2. The number of thiol groups is 1. The van der Waals surface area contributed by atoms with E-state index in [1.165, 1.54) is 0 Å². The van der Waals surface area contributed by atoms with Gasteiger partial charge in [-0.15, -0.1) is 12.6 Å². The molecule has 0 bridgehead atoms. The SMILES string of the molecule is Cc1ccc(C)c(N2C(S)=C(C#N)C(=O)NC2c2ccc(Cl)cc2)c1. The third-order valence-electron chi connectivity index (χ3n) is 4.13. The summed E-state index contributed by atoms with van der Waals surface area (Å²) in [4.78, 5) is 14.2. The molecule has 4 nitrogen and oxygen atoms in total. The number of benzene rings is 2. The molecule has 0 radical (unpaired) electrons. The van der Waals surface area contributed by atoms with Crippen molar-refractivity contribution in [2.24, 2.45) is 0 Å². The zero-order chi connectivity index (χ0) is 18.1. The van der Waals surface area contributed by atoms with Crippen molar-refractivity contribution in [2.45, 2.75) is 20.0 Å². The molecule has 0 saturated heterocycles. The number of halogens is 1. The van der Waals surface area contributed by atoms with Crippen molar-refractivity contribution in [3.05, 3.63) is 74.8 Å². The highest BCUT2D eigenvalue weighted by atomic mass is 35.5. The normalized spacial score (nSPS) is 17.3. The molecular weight excluding hydrogens is 354 g/mol. The number of aryl methyl sites for hydroxylation is 2. The van der Waals surface area contributed by atoms with Gasteiger partial charge in [-0.3, -0.25) is 4.79 Å². The number of hydrogen-bond acceptors (Lipinski definition) is 4. The summed E-state index contributed by atoms with van der Waals surface area (Å²) in [7, 11) is 0. The van der Waals surface area contributed by atoms with Crippen molar-refractivity contribution < 1.29 is 4.79 Å². The smallest absolute Gasteiger partial charge is 0.266 e. The average Bonchev–Trinajstić information content (AvgIpc) is 2.58. The number of carbonyl (C=O) groups excluding carboxylic acids is 1. The molecule has 0 aliphatic carbocycles. The van der Waals surface area contributed by atoms with Crippen LogP contribution in [0, 0.1) is 25.2 Å². The minimum absolute atomic E-state index is 0.00514. The van der Waals surface area contributed by atoms with Crippen LogP contribution in [-0.2, 0) is 4.79 Å². The molecule has 1 heterocycles. The van der Waals surface area contributed by atoms with Gasteiger partial charge in [0.2, 0.25) is 0 Å². The van der Waals surface area contributed by atoms with E-state index in [1.807, 2.05) is 55.1 Å². The summed E-state index contributed by atoms with van der Waals surface area (Å²) >= 11 is 10.5. The second kappa shape index (κ2) is 6.83. The largest absolute Gasteiger partial charge is 0.327 e. The molecule has 126 valence electrons. The lowest BCUT2D eigenvalue weighted by Gasteiger charge is -2.39. The van der Waals surface area contributed by atoms with Gasteiger partial charge in [0.05, 0.1) is 5.03 Å². The van der Waals surface area contributed by atoms with Crippen LogP contribution in [0.1, 0.15) is 22.9 Å². The molecule has 1 aliphatic heterocycles. The summed E-state index contributed by atoms with van der Waals surface area (Å²) in [6, 6.07) is 15.2. The number of rotatable bonds is 2. The molecule has 2 aromatic rings. The molecule has 25 heavy (non-hydrogen) atoms. The van der Waals surface area contributed by atoms with Gasteiger partial charge in [0.1, 0.15) is 17.8 Å². The van der Waals surface area contributed by atoms with Crippen LogP contribution in [-0.4, -0.2) is 5.91 Å². The lowest BCUT2D eigenvalue weighted by molar-refractivity contribution is -0.118. The number of carbonyl (C=O) groups is 1. The van der Waals surface area contributed by atoms with E-state index in [2.05, 4.69) is 17.9 Å². The maximum absolute atomic E-state index is 12.3. The highest BCUT2D eigenvalue weighted by Gasteiger charge is 2.34. The van der Waals surface area contributed by atoms with Gasteiger partial charge in [0.15, 0.2) is 0 Å². The summed E-state index contributed by atoms with van der Waals surface area (Å²) in [5, 5.41) is 13.2. The van der Waals surface area contributed by atoms with Crippen LogP contribution in [0.15, 0.2) is 53.1 Å². The number of nitriles is 1. The van der Waals surface area contributed by atoms with Gasteiger partial charge >= 0.3 is 0 Å². The molecule has 0 fully saturated rings. The highest BCUT2D eigenvalue weighted by Crippen LogP contribution is 2.37. The minimum atomic E-state index is -0.477. The van der Waals surface area contributed by atoms with Gasteiger partial charge in [-0.1, -0.05) is 35.9 Å². The second-order valence-electron chi connectivity index (χ2n) is 5.90. The van der Waals surface area contributed by atoms with Crippen LogP contribution in [0.4, 0.5) is 5.69 Å². The zero-order valence-corrected chi connectivity index (χ0v) is 15.4. The van der Waals surface area contributed by atoms with Crippen molar-refractivity contribution in [3.63, 3.8) is 0 Å². The first-order chi connectivity index (χ1) is 11.9. The monoisotopic (exact) mass is 369 g/mol. The predicted molar refractivity (Wildman–Crippen MR) is 102 cm³/mol. The Balaban J connectivity index is 2.21. The minimum Gasteiger partial charge on any atom is -0.327 e. The fraction of sp³-hybridized carbons (Fsp3) is 0.158. The maximum atomic E-state index is 12.3. The Morgan fingerprint density at radius 3 is 2.52 bits per heavy atom. The topological polar surface area (TPSA) is 56.1 Å². The third kappa shape index (κ3) is 3.23. The number of nitrogens with one attached hydrogen (secondary N) is 1. The summed E-state index contributed by atoms with van der Waals surface area (Å²) in [5.41, 5.74) is 3.82. The Labute approximate surface area is 157 Å². The van der Waals surface area contributed by atoms with E-state index in [-0.39, 0.29) is 5.57 Å². The van der Waals surface area contributed by atoms with Crippen LogP contribution >= 0.6 is 24.2 Å². The van der Waals surface area contributed by atoms with E-state index in [4.69, 9.17) is 11.6 Å². The second-order valence-corrected chi connectivity index (χ2v) is 6.76. The van der Waals surface area contributed by atoms with Crippen molar-refractivity contribution in [3.8, 4) is 6.07 Å². The lowest BCUT2D eigenvalue weighted by Crippen LogP contribution is -2.46. The molecule has 2 aromatic carbocycles. The molecule has 6 heteroatoms. The first-order valence-corrected chi connectivity index (χ1v) is 8.51. The van der Waals surface area contributed by atoms with Crippen molar-refractivity contribution in [2.75, 3.05) is 4.90 Å². The van der Waals surface area contributed by atoms with E-state index in [1.54, 1.807) is 12.1 Å². The summed E-state index contributed by atoms with van der Waals surface area (Å²) in [6.45, 7) is 3.98. The van der Waals surface area contributed by atoms with Crippen LogP contribution < -0.4 is 10.2 Å². The van der Waals surface area contributed by atoms with Crippen LogP contribution in [0.5, 0.6) is 0 Å². The Kier molecular flexibility index (Phi) is 4.76. The van der Waals surface area contributed by atoms with E-state index in [9.17, 15) is 10.1 Å². The molecule has 1 atom stereocenters. The van der Waals surface area contributed by atoms with E-state index in [0.29, 0.717) is 10.1 Å². The van der Waals surface area contributed by atoms with Crippen LogP contribution in [0.25, 0.3) is 0 Å². The molecule has 0 spiro atoms. The third-order valence-corrected chi connectivity index (χ3v) is 4.82. The predicted octanol–water partition coefficient (Wildman–Crippen LogP) is 4.26. The van der Waals surface area contributed by atoms with Gasteiger partial charge in [-0.25, -0.2) is 0 Å². The van der Waals surface area contributed by atoms with Gasteiger partial charge < -0.3 is 10.2 Å². The Morgan fingerprint density at radius 2 is 1.88 bits per heavy atom. The van der Waals surface area contributed by atoms with E-state index < -0.39 is 12.1 Å². The Bertz CT molecular complexity index is 915. The maximum Gasteiger partial charge on any atom is 0.266 e. The van der Waals surface area contributed by atoms with Crippen LogP contribution in [0.3, 0.4) is 0 Å². The fourth-order valence-electron chi connectivity index (χ4n) is 2.82. The summed E-state index contributed by atoms with van der Waals surface area (Å²) in [6.07, 6.45) is -0.477. The molecular formula is C19H16ClN3OS. The first-order valence-electron chi connectivity index (χ1n) is 7.68. The van der Waals surface area contributed by atoms with Crippen molar-refractivity contribution in [1.29, 1.82) is 5.26 Å². The number of nitrogens with zero attached hydrogens (tertiary/aromatic N) is 2. The van der Waals surface area contributed by atoms with Gasteiger partial charge in [0, 0.05) is 10.7 Å². The van der Waals surface area contributed by atoms with Gasteiger partial charge in [-0.05, 0) is 48.7 Å². The first kappa shape index (κ1) is 17.4. The fourth-order valence-corrected chi connectivity index (χ4v) is 3.32. The average molecular weight is 370 g/mol. The molecule has 1 unspecified atom stereocenters. The van der Waals surface area contributed by atoms with E-state index >= 15 is 0 Å².